The van der Waals surface area contributed by atoms with E-state index in [1.165, 1.54) is 15.0 Å². The Morgan fingerprint density at radius 3 is 1.88 bits per heavy atom. The Balaban J connectivity index is 0.00000308. The largest absolute Gasteiger partial charge is 1.00 e. The summed E-state index contributed by atoms with van der Waals surface area (Å²) in [5.74, 6) is 0. The van der Waals surface area contributed by atoms with Gasteiger partial charge in [0.1, 0.15) is 0 Å². The van der Waals surface area contributed by atoms with Gasteiger partial charge in [-0.2, -0.15) is 0 Å². The van der Waals surface area contributed by atoms with Gasteiger partial charge >= 0.3 is 29.6 Å². The van der Waals surface area contributed by atoms with Crippen LogP contribution in [0.25, 0.3) is 10.8 Å². The standard InChI is InChI=1S/C31H34N6O3.Na.H/c1-35(32-38)23-30(22-28-17-10-16-27-15-8-9-18-31(27)28)37(34-40)24-29(21-26-13-6-3-7-14-26)36(33-39)20-19-25-11-4-2-5-12-25;;/h2-18,29-30H,19-24H2,1H3;;/q;+1;-1/t29-,30+;;/m0../s1. The third-order valence-electron chi connectivity index (χ3n) is 7.19. The summed E-state index contributed by atoms with van der Waals surface area (Å²) in [6.45, 7) is 0.734. The van der Waals surface area contributed by atoms with E-state index in [1.54, 1.807) is 7.05 Å². The second kappa shape index (κ2) is 16.6. The average Bonchev–Trinajstić information content (AvgIpc) is 3.00. The van der Waals surface area contributed by atoms with Crippen LogP contribution in [-0.4, -0.2) is 53.8 Å². The summed E-state index contributed by atoms with van der Waals surface area (Å²) < 4.78 is 0. The SMILES string of the molecule is CN(C[C@@H](Cc1cccc2ccccc12)N(C[C@H](Cc1ccccc1)N(CCc1ccccc1)N=O)N=O)N=O.[H-].[Na+]. The minimum absolute atomic E-state index is 0. The molecule has 0 heterocycles. The zero-order valence-corrected chi connectivity index (χ0v) is 25.6. The van der Waals surface area contributed by atoms with Gasteiger partial charge < -0.3 is 1.43 Å². The molecule has 4 aromatic carbocycles. The first-order valence-corrected chi connectivity index (χ1v) is 13.4. The van der Waals surface area contributed by atoms with Gasteiger partial charge in [-0.15, -0.1) is 14.7 Å². The van der Waals surface area contributed by atoms with Gasteiger partial charge in [0.25, 0.3) is 0 Å². The van der Waals surface area contributed by atoms with Gasteiger partial charge in [-0.25, -0.2) is 0 Å². The van der Waals surface area contributed by atoms with E-state index in [2.05, 4.69) is 15.9 Å². The Labute approximate surface area is 264 Å². The fourth-order valence-corrected chi connectivity index (χ4v) is 5.12. The smallest absolute Gasteiger partial charge is 1.00 e. The Kier molecular flexibility index (Phi) is 12.9. The van der Waals surface area contributed by atoms with Crippen molar-refractivity contribution >= 4 is 10.8 Å². The van der Waals surface area contributed by atoms with Crippen LogP contribution in [-0.2, 0) is 19.3 Å². The zero-order chi connectivity index (χ0) is 28.2. The molecule has 4 rings (SSSR count). The average molecular weight is 563 g/mol. The first-order chi connectivity index (χ1) is 19.6. The zero-order valence-electron chi connectivity index (χ0n) is 24.6. The number of nitrogens with zero attached hydrogens (tertiary/aromatic N) is 6. The van der Waals surface area contributed by atoms with Gasteiger partial charge in [0, 0.05) is 13.6 Å². The van der Waals surface area contributed by atoms with Crippen LogP contribution in [0.3, 0.4) is 0 Å². The van der Waals surface area contributed by atoms with Gasteiger partial charge in [-0.05, 0) is 46.7 Å². The molecule has 0 N–H and O–H groups in total. The molecule has 4 aromatic rings. The van der Waals surface area contributed by atoms with E-state index in [0.29, 0.717) is 25.8 Å². The summed E-state index contributed by atoms with van der Waals surface area (Å²) >= 11 is 0. The first-order valence-electron chi connectivity index (χ1n) is 13.4. The van der Waals surface area contributed by atoms with E-state index in [4.69, 9.17) is 0 Å². The normalized spacial score (nSPS) is 12.0. The fourth-order valence-electron chi connectivity index (χ4n) is 5.12. The number of rotatable bonds is 16. The molecule has 208 valence electrons. The fraction of sp³-hybridized carbons (Fsp3) is 0.290. The van der Waals surface area contributed by atoms with Crippen LogP contribution < -0.4 is 29.6 Å². The minimum Gasteiger partial charge on any atom is -1.00 e. The predicted octanol–water partition coefficient (Wildman–Crippen LogP) is 3.30. The Morgan fingerprint density at radius 2 is 1.22 bits per heavy atom. The van der Waals surface area contributed by atoms with E-state index >= 15 is 0 Å². The summed E-state index contributed by atoms with van der Waals surface area (Å²) in [6, 6.07) is 32.9. The van der Waals surface area contributed by atoms with Gasteiger partial charge in [0.2, 0.25) is 0 Å². The van der Waals surface area contributed by atoms with Gasteiger partial charge in [0.15, 0.2) is 0 Å². The molecule has 0 saturated carbocycles. The first kappa shape index (κ1) is 31.9. The summed E-state index contributed by atoms with van der Waals surface area (Å²) in [5, 5.41) is 16.2. The topological polar surface area (TPSA) is 98.0 Å². The van der Waals surface area contributed by atoms with E-state index in [9.17, 15) is 14.7 Å². The number of likely N-dealkylation sites (N-methyl/N-ethyl adjacent to an activating group) is 1. The van der Waals surface area contributed by atoms with Crippen LogP contribution in [0.15, 0.2) is 119 Å². The van der Waals surface area contributed by atoms with Crippen LogP contribution in [0.2, 0.25) is 0 Å². The van der Waals surface area contributed by atoms with E-state index in [0.717, 1.165) is 27.5 Å². The van der Waals surface area contributed by atoms with Crippen molar-refractivity contribution in [1.29, 1.82) is 0 Å². The van der Waals surface area contributed by atoms with Crippen LogP contribution in [0.5, 0.6) is 0 Å². The van der Waals surface area contributed by atoms with E-state index < -0.39 is 12.1 Å². The quantitative estimate of drug-likeness (QED) is 0.118. The van der Waals surface area contributed by atoms with Crippen molar-refractivity contribution in [2.24, 2.45) is 15.9 Å². The van der Waals surface area contributed by atoms with Crippen molar-refractivity contribution in [3.05, 3.63) is 135 Å². The maximum Gasteiger partial charge on any atom is 1.00 e. The Hall–Kier alpha value is -3.66. The molecule has 0 aliphatic heterocycles. The monoisotopic (exact) mass is 562 g/mol. The van der Waals surface area contributed by atoms with Crippen LogP contribution >= 0.6 is 0 Å². The van der Waals surface area contributed by atoms with Crippen LogP contribution in [0, 0.1) is 14.7 Å². The van der Waals surface area contributed by atoms with Gasteiger partial charge in [0.05, 0.1) is 41.0 Å². The van der Waals surface area contributed by atoms with Crippen molar-refractivity contribution in [2.75, 3.05) is 26.7 Å². The predicted molar refractivity (Wildman–Crippen MR) is 160 cm³/mol. The summed E-state index contributed by atoms with van der Waals surface area (Å²) in [7, 11) is 1.58. The molecule has 10 heteroatoms. The Bertz CT molecular complexity index is 1380. The second-order valence-electron chi connectivity index (χ2n) is 9.95. The molecule has 2 atom stereocenters. The minimum atomic E-state index is -0.466. The summed E-state index contributed by atoms with van der Waals surface area (Å²) in [6.07, 6.45) is 1.59. The van der Waals surface area contributed by atoms with Gasteiger partial charge in [-0.1, -0.05) is 103 Å². The van der Waals surface area contributed by atoms with Crippen LogP contribution in [0.1, 0.15) is 18.1 Å². The molecule has 9 nitrogen and oxygen atoms in total. The van der Waals surface area contributed by atoms with Gasteiger partial charge in [-0.3, -0.25) is 15.0 Å². The molecular formula is C31H35N6NaO3. The number of hydrogen-bond donors (Lipinski definition) is 0. The number of nitroso groups, excluding NO2 is 3. The number of hydrogen-bond acceptors (Lipinski definition) is 6. The molecule has 0 fully saturated rings. The molecule has 0 unspecified atom stereocenters. The third kappa shape index (κ3) is 9.18. The second-order valence-corrected chi connectivity index (χ2v) is 9.95. The maximum atomic E-state index is 12.4. The van der Waals surface area contributed by atoms with Crippen molar-refractivity contribution in [2.45, 2.75) is 31.3 Å². The van der Waals surface area contributed by atoms with E-state index in [-0.39, 0.29) is 44.1 Å². The maximum absolute atomic E-state index is 12.4. The molecule has 0 saturated heterocycles. The molecule has 0 aliphatic rings. The summed E-state index contributed by atoms with van der Waals surface area (Å²) in [4.78, 5) is 35.9. The molecular weight excluding hydrogens is 527 g/mol. The van der Waals surface area contributed by atoms with E-state index in [1.807, 2.05) is 103 Å². The van der Waals surface area contributed by atoms with Crippen LogP contribution in [0.4, 0.5) is 0 Å². The molecule has 0 aliphatic carbocycles. The van der Waals surface area contributed by atoms with Crippen molar-refractivity contribution < 1.29 is 31.0 Å². The molecule has 0 amide bonds. The number of benzene rings is 4. The molecule has 0 bridgehead atoms. The number of fused-ring (bicyclic) bond motifs is 1. The third-order valence-corrected chi connectivity index (χ3v) is 7.19. The molecule has 0 aromatic heterocycles. The van der Waals surface area contributed by atoms with Crippen molar-refractivity contribution in [1.82, 2.24) is 15.0 Å². The van der Waals surface area contributed by atoms with Crippen molar-refractivity contribution in [3.63, 3.8) is 0 Å². The molecule has 0 radical (unpaired) electrons. The molecule has 0 spiro atoms. The molecule has 41 heavy (non-hydrogen) atoms. The summed E-state index contributed by atoms with van der Waals surface area (Å²) in [5.41, 5.74) is 3.14. The Morgan fingerprint density at radius 1 is 0.634 bits per heavy atom. The van der Waals surface area contributed by atoms with Crippen molar-refractivity contribution in [3.8, 4) is 0 Å².